The summed E-state index contributed by atoms with van der Waals surface area (Å²) >= 11 is 0. The van der Waals surface area contributed by atoms with E-state index in [9.17, 15) is 13.6 Å². The number of benzene rings is 2. The van der Waals surface area contributed by atoms with Crippen LogP contribution in [0.2, 0.25) is 0 Å². The number of ether oxygens (including phenoxy) is 1. The number of anilines is 1. The molecule has 0 spiro atoms. The van der Waals surface area contributed by atoms with Gasteiger partial charge in [0.1, 0.15) is 5.75 Å². The summed E-state index contributed by atoms with van der Waals surface area (Å²) in [6.07, 6.45) is 0. The van der Waals surface area contributed by atoms with Crippen molar-refractivity contribution in [2.45, 2.75) is 19.3 Å². The first kappa shape index (κ1) is 17.7. The molecule has 0 aromatic heterocycles. The van der Waals surface area contributed by atoms with E-state index in [-0.39, 0.29) is 11.1 Å². The van der Waals surface area contributed by atoms with Crippen molar-refractivity contribution >= 4 is 11.7 Å². The highest BCUT2D eigenvalue weighted by molar-refractivity contribution is 5.89. The number of halogens is 2. The smallest absolute Gasteiger partial charge is 0.319 e. The minimum absolute atomic E-state index is 0.189. The summed E-state index contributed by atoms with van der Waals surface area (Å²) in [5.41, 5.74) is 0.919. The number of nitrogens with one attached hydrogen (secondary N) is 2. The molecular weight excluding hydrogens is 314 g/mol. The summed E-state index contributed by atoms with van der Waals surface area (Å²) in [5, 5.41) is 5.21. The molecule has 0 aliphatic heterocycles. The maximum absolute atomic E-state index is 13.1. The lowest BCUT2D eigenvalue weighted by atomic mass is 9.84. The Balaban J connectivity index is 1.94. The molecule has 2 N–H and O–H groups in total. The summed E-state index contributed by atoms with van der Waals surface area (Å²) < 4.78 is 31.1. The maximum Gasteiger partial charge on any atom is 0.319 e. The van der Waals surface area contributed by atoms with Gasteiger partial charge in [-0.15, -0.1) is 0 Å². The van der Waals surface area contributed by atoms with Crippen LogP contribution < -0.4 is 15.4 Å². The Bertz CT molecular complexity index is 715. The van der Waals surface area contributed by atoms with Crippen LogP contribution in [0.15, 0.2) is 42.5 Å². The fraction of sp³-hybridized carbons (Fsp3) is 0.278. The van der Waals surface area contributed by atoms with E-state index in [2.05, 4.69) is 10.6 Å². The number of rotatable bonds is 5. The zero-order chi connectivity index (χ0) is 17.7. The third-order valence-corrected chi connectivity index (χ3v) is 3.74. The van der Waals surface area contributed by atoms with E-state index in [1.54, 1.807) is 7.11 Å². The van der Waals surface area contributed by atoms with Gasteiger partial charge in [-0.25, -0.2) is 13.6 Å². The summed E-state index contributed by atoms with van der Waals surface area (Å²) in [6.45, 7) is 4.36. The van der Waals surface area contributed by atoms with E-state index < -0.39 is 17.7 Å². The van der Waals surface area contributed by atoms with Gasteiger partial charge in [-0.3, -0.25) is 0 Å². The Morgan fingerprint density at radius 1 is 1.08 bits per heavy atom. The maximum atomic E-state index is 13.1. The Labute approximate surface area is 139 Å². The predicted octanol–water partition coefficient (Wildman–Crippen LogP) is 4.07. The molecule has 128 valence electrons. The predicted molar refractivity (Wildman–Crippen MR) is 89.4 cm³/mol. The van der Waals surface area contributed by atoms with E-state index in [1.807, 2.05) is 38.1 Å². The zero-order valence-corrected chi connectivity index (χ0v) is 13.8. The van der Waals surface area contributed by atoms with Crippen molar-refractivity contribution in [3.63, 3.8) is 0 Å². The number of hydrogen-bond donors (Lipinski definition) is 2. The minimum atomic E-state index is -1.01. The quantitative estimate of drug-likeness (QED) is 0.866. The third kappa shape index (κ3) is 4.44. The molecule has 4 nitrogen and oxygen atoms in total. The number of carbonyl (C=O) groups is 1. The van der Waals surface area contributed by atoms with Crippen LogP contribution >= 0.6 is 0 Å². The van der Waals surface area contributed by atoms with Crippen LogP contribution in [-0.2, 0) is 5.41 Å². The van der Waals surface area contributed by atoms with Crippen LogP contribution in [0.3, 0.4) is 0 Å². The van der Waals surface area contributed by atoms with Crippen molar-refractivity contribution in [1.29, 1.82) is 0 Å². The Morgan fingerprint density at radius 3 is 2.33 bits per heavy atom. The van der Waals surface area contributed by atoms with Gasteiger partial charge in [-0.1, -0.05) is 26.0 Å². The van der Waals surface area contributed by atoms with Gasteiger partial charge < -0.3 is 15.4 Å². The van der Waals surface area contributed by atoms with E-state index in [1.165, 1.54) is 6.07 Å². The molecule has 0 unspecified atom stereocenters. The van der Waals surface area contributed by atoms with Crippen LogP contribution in [0.1, 0.15) is 19.4 Å². The number of urea groups is 1. The standard InChI is InChI=1S/C18H20F2N2O2/c1-18(2,12-4-7-14(24-3)8-5-12)11-21-17(23)22-13-6-9-15(19)16(20)10-13/h4-10H,11H2,1-3H3,(H2,21,22,23). The number of carbonyl (C=O) groups excluding carboxylic acids is 1. The Kier molecular flexibility index (Phi) is 5.39. The molecule has 2 aromatic rings. The zero-order valence-electron chi connectivity index (χ0n) is 13.8. The molecule has 0 fully saturated rings. The minimum Gasteiger partial charge on any atom is -0.497 e. The average molecular weight is 334 g/mol. The number of hydrogen-bond acceptors (Lipinski definition) is 2. The van der Waals surface area contributed by atoms with Gasteiger partial charge in [0, 0.05) is 23.7 Å². The summed E-state index contributed by atoms with van der Waals surface area (Å²) in [4.78, 5) is 11.9. The summed E-state index contributed by atoms with van der Waals surface area (Å²) in [7, 11) is 1.60. The van der Waals surface area contributed by atoms with Gasteiger partial charge in [0.25, 0.3) is 0 Å². The second kappa shape index (κ2) is 7.29. The summed E-state index contributed by atoms with van der Waals surface area (Å²) in [6, 6.07) is 10.3. The van der Waals surface area contributed by atoms with E-state index in [0.717, 1.165) is 23.4 Å². The molecule has 0 bridgehead atoms. The van der Waals surface area contributed by atoms with E-state index in [4.69, 9.17) is 4.74 Å². The van der Waals surface area contributed by atoms with Crippen LogP contribution in [0.5, 0.6) is 5.75 Å². The second-order valence-corrected chi connectivity index (χ2v) is 6.05. The SMILES string of the molecule is COc1ccc(C(C)(C)CNC(=O)Nc2ccc(F)c(F)c2)cc1. The molecule has 2 rings (SSSR count). The normalized spacial score (nSPS) is 11.0. The lowest BCUT2D eigenvalue weighted by molar-refractivity contribution is 0.249. The van der Waals surface area contributed by atoms with Crippen LogP contribution in [0.4, 0.5) is 19.3 Å². The average Bonchev–Trinajstić information content (AvgIpc) is 2.56. The molecule has 0 heterocycles. The Morgan fingerprint density at radius 2 is 1.75 bits per heavy atom. The van der Waals surface area contributed by atoms with Crippen LogP contribution in [0.25, 0.3) is 0 Å². The first-order chi connectivity index (χ1) is 11.3. The van der Waals surface area contributed by atoms with Gasteiger partial charge in [0.15, 0.2) is 11.6 Å². The van der Waals surface area contributed by atoms with Crippen molar-refractivity contribution < 1.29 is 18.3 Å². The van der Waals surface area contributed by atoms with Crippen molar-refractivity contribution in [3.8, 4) is 5.75 Å². The fourth-order valence-electron chi connectivity index (χ4n) is 2.19. The highest BCUT2D eigenvalue weighted by Gasteiger charge is 2.21. The van der Waals surface area contributed by atoms with Gasteiger partial charge in [0.05, 0.1) is 7.11 Å². The second-order valence-electron chi connectivity index (χ2n) is 6.05. The molecule has 0 atom stereocenters. The van der Waals surface area contributed by atoms with Gasteiger partial charge in [-0.05, 0) is 29.8 Å². The molecular formula is C18H20F2N2O2. The number of methoxy groups -OCH3 is 1. The van der Waals surface area contributed by atoms with E-state index in [0.29, 0.717) is 6.54 Å². The first-order valence-corrected chi connectivity index (χ1v) is 7.46. The number of amides is 2. The molecule has 0 saturated carbocycles. The molecule has 2 amide bonds. The van der Waals surface area contributed by atoms with Crippen molar-refractivity contribution in [1.82, 2.24) is 5.32 Å². The van der Waals surface area contributed by atoms with Gasteiger partial charge in [-0.2, -0.15) is 0 Å². The largest absolute Gasteiger partial charge is 0.497 e. The van der Waals surface area contributed by atoms with Crippen molar-refractivity contribution in [2.24, 2.45) is 0 Å². The third-order valence-electron chi connectivity index (χ3n) is 3.74. The van der Waals surface area contributed by atoms with Crippen LogP contribution in [-0.4, -0.2) is 19.7 Å². The van der Waals surface area contributed by atoms with Gasteiger partial charge in [0.2, 0.25) is 0 Å². The molecule has 0 aliphatic rings. The van der Waals surface area contributed by atoms with E-state index >= 15 is 0 Å². The molecule has 0 aliphatic carbocycles. The summed E-state index contributed by atoms with van der Waals surface area (Å²) in [5.74, 6) is -1.20. The van der Waals surface area contributed by atoms with Crippen LogP contribution in [0, 0.1) is 11.6 Å². The highest BCUT2D eigenvalue weighted by atomic mass is 19.2. The molecule has 6 heteroatoms. The van der Waals surface area contributed by atoms with Crippen molar-refractivity contribution in [3.05, 3.63) is 59.7 Å². The monoisotopic (exact) mass is 334 g/mol. The molecule has 0 radical (unpaired) electrons. The first-order valence-electron chi connectivity index (χ1n) is 7.46. The lowest BCUT2D eigenvalue weighted by Crippen LogP contribution is -2.39. The molecule has 24 heavy (non-hydrogen) atoms. The van der Waals surface area contributed by atoms with Crippen molar-refractivity contribution in [2.75, 3.05) is 19.0 Å². The topological polar surface area (TPSA) is 50.4 Å². The Hall–Kier alpha value is -2.63. The highest BCUT2D eigenvalue weighted by Crippen LogP contribution is 2.24. The molecule has 0 saturated heterocycles. The fourth-order valence-corrected chi connectivity index (χ4v) is 2.19. The van der Waals surface area contributed by atoms with Gasteiger partial charge >= 0.3 is 6.03 Å². The molecule has 2 aromatic carbocycles. The lowest BCUT2D eigenvalue weighted by Gasteiger charge is -2.26.